The molecule has 0 amide bonds. The Hall–Kier alpha value is -0.890. The number of aliphatic imine (C=N–C) groups is 1. The monoisotopic (exact) mass is 152 g/mol. The van der Waals surface area contributed by atoms with Gasteiger partial charge in [0, 0.05) is 0 Å². The van der Waals surface area contributed by atoms with Crippen molar-refractivity contribution >= 4 is 6.21 Å². The van der Waals surface area contributed by atoms with Crippen LogP contribution in [0.1, 0.15) is 20.8 Å². The summed E-state index contributed by atoms with van der Waals surface area (Å²) >= 11 is 0. The Morgan fingerprint density at radius 1 is 1.36 bits per heavy atom. The molecule has 0 saturated heterocycles. The predicted octanol–water partition coefficient (Wildman–Crippen LogP) is 1.88. The smallest absolute Gasteiger partial charge is 0.122 e. The van der Waals surface area contributed by atoms with Gasteiger partial charge in [-0.2, -0.15) is 0 Å². The fraction of sp³-hybridized carbons (Fsp3) is 0.444. The van der Waals surface area contributed by atoms with Gasteiger partial charge in [-0.15, -0.1) is 0 Å². The molecule has 62 valence electrons. The van der Waals surface area contributed by atoms with Crippen LogP contribution in [0.2, 0.25) is 0 Å². The summed E-state index contributed by atoms with van der Waals surface area (Å²) < 4.78 is 0. The molecule has 1 unspecified atom stereocenters. The van der Waals surface area contributed by atoms with Crippen LogP contribution >= 0.6 is 0 Å². The van der Waals surface area contributed by atoms with Crippen LogP contribution in [0.4, 0.5) is 0 Å². The van der Waals surface area contributed by atoms with Gasteiger partial charge in [0.05, 0.1) is 0 Å². The summed E-state index contributed by atoms with van der Waals surface area (Å²) in [5.74, 6) is 0. The summed E-state index contributed by atoms with van der Waals surface area (Å²) in [5.41, 5.74) is 6.75. The van der Waals surface area contributed by atoms with Crippen molar-refractivity contribution in [1.29, 1.82) is 0 Å². The SMILES string of the molecule is CC=CC(=CC)C(N)N=CC. The molecule has 2 nitrogen and oxygen atoms in total. The van der Waals surface area contributed by atoms with E-state index in [1.165, 1.54) is 0 Å². The van der Waals surface area contributed by atoms with E-state index in [1.54, 1.807) is 6.21 Å². The number of hydrogen-bond donors (Lipinski definition) is 1. The number of allylic oxidation sites excluding steroid dienone is 2. The highest BCUT2D eigenvalue weighted by molar-refractivity contribution is 5.54. The molecule has 0 saturated carbocycles. The highest BCUT2D eigenvalue weighted by Crippen LogP contribution is 2.02. The lowest BCUT2D eigenvalue weighted by Crippen LogP contribution is -2.18. The zero-order chi connectivity index (χ0) is 8.69. The largest absolute Gasteiger partial charge is 0.306 e. The van der Waals surface area contributed by atoms with Crippen LogP contribution in [-0.4, -0.2) is 12.4 Å². The van der Waals surface area contributed by atoms with Crippen LogP contribution in [0.25, 0.3) is 0 Å². The average molecular weight is 152 g/mol. The lowest BCUT2D eigenvalue weighted by atomic mass is 10.2. The molecule has 0 rings (SSSR count). The number of rotatable bonds is 3. The van der Waals surface area contributed by atoms with Crippen LogP contribution in [-0.2, 0) is 0 Å². The van der Waals surface area contributed by atoms with Gasteiger partial charge in [-0.1, -0.05) is 18.2 Å². The van der Waals surface area contributed by atoms with Crippen LogP contribution in [0.5, 0.6) is 0 Å². The normalized spacial score (nSPS) is 16.5. The minimum absolute atomic E-state index is 0.207. The van der Waals surface area contributed by atoms with Gasteiger partial charge in [0.15, 0.2) is 0 Å². The highest BCUT2D eigenvalue weighted by Gasteiger charge is 1.99. The Morgan fingerprint density at radius 3 is 2.36 bits per heavy atom. The molecule has 0 aliphatic rings. The lowest BCUT2D eigenvalue weighted by Gasteiger charge is -2.05. The van der Waals surface area contributed by atoms with Gasteiger partial charge in [-0.25, -0.2) is 0 Å². The molecule has 0 aliphatic carbocycles. The second-order valence-corrected chi connectivity index (χ2v) is 2.14. The molecule has 2 N–H and O–H groups in total. The van der Waals surface area contributed by atoms with E-state index in [2.05, 4.69) is 4.99 Å². The molecule has 1 atom stereocenters. The van der Waals surface area contributed by atoms with Crippen molar-refractivity contribution in [3.63, 3.8) is 0 Å². The van der Waals surface area contributed by atoms with Gasteiger partial charge in [0.1, 0.15) is 6.17 Å². The van der Waals surface area contributed by atoms with Crippen molar-refractivity contribution in [1.82, 2.24) is 0 Å². The summed E-state index contributed by atoms with van der Waals surface area (Å²) in [6.07, 6.45) is 7.41. The number of nitrogens with zero attached hydrogens (tertiary/aromatic N) is 1. The van der Waals surface area contributed by atoms with Gasteiger partial charge >= 0.3 is 0 Å². The number of nitrogens with two attached hydrogens (primary N) is 1. The molecule has 2 heteroatoms. The van der Waals surface area contributed by atoms with Gasteiger partial charge in [0.25, 0.3) is 0 Å². The lowest BCUT2D eigenvalue weighted by molar-refractivity contribution is 0.842. The van der Waals surface area contributed by atoms with Gasteiger partial charge in [0.2, 0.25) is 0 Å². The third-order valence-electron chi connectivity index (χ3n) is 1.34. The van der Waals surface area contributed by atoms with Crippen molar-refractivity contribution in [3.05, 3.63) is 23.8 Å². The van der Waals surface area contributed by atoms with Crippen LogP contribution in [0, 0.1) is 0 Å². The second kappa shape index (κ2) is 5.86. The first kappa shape index (κ1) is 10.1. The molecule has 0 spiro atoms. The Bertz CT molecular complexity index is 178. The van der Waals surface area contributed by atoms with Gasteiger partial charge < -0.3 is 5.73 Å². The molecule has 0 bridgehead atoms. The molecule has 0 aromatic heterocycles. The fourth-order valence-corrected chi connectivity index (χ4v) is 0.805. The molecule has 0 aromatic carbocycles. The Balaban J connectivity index is 4.27. The van der Waals surface area contributed by atoms with Crippen molar-refractivity contribution in [3.8, 4) is 0 Å². The Kier molecular flexibility index (Phi) is 5.39. The zero-order valence-electron chi connectivity index (χ0n) is 7.41. The van der Waals surface area contributed by atoms with Crippen molar-refractivity contribution in [2.75, 3.05) is 0 Å². The van der Waals surface area contributed by atoms with Crippen molar-refractivity contribution < 1.29 is 0 Å². The average Bonchev–Trinajstić information content (AvgIpc) is 2.00. The van der Waals surface area contributed by atoms with E-state index < -0.39 is 0 Å². The minimum atomic E-state index is -0.207. The third kappa shape index (κ3) is 3.73. The molecule has 11 heavy (non-hydrogen) atoms. The standard InChI is InChI=1S/C9H16N2/c1-4-7-8(5-2)9(10)11-6-3/h4-7,9H,10H2,1-3H3. The van der Waals surface area contributed by atoms with E-state index >= 15 is 0 Å². The van der Waals surface area contributed by atoms with E-state index in [0.29, 0.717) is 0 Å². The molecule has 0 aliphatic heterocycles. The first-order chi connectivity index (χ1) is 5.26. The van der Waals surface area contributed by atoms with Gasteiger partial charge in [-0.05, 0) is 32.6 Å². The molecule has 0 heterocycles. The molecule has 0 fully saturated rings. The summed E-state index contributed by atoms with van der Waals surface area (Å²) in [7, 11) is 0. The topological polar surface area (TPSA) is 38.4 Å². The quantitative estimate of drug-likeness (QED) is 0.486. The van der Waals surface area contributed by atoms with Crippen molar-refractivity contribution in [2.45, 2.75) is 26.9 Å². The predicted molar refractivity (Wildman–Crippen MR) is 50.7 cm³/mol. The Labute approximate surface area is 68.5 Å². The maximum absolute atomic E-state index is 5.71. The second-order valence-electron chi connectivity index (χ2n) is 2.14. The molecular weight excluding hydrogens is 136 g/mol. The van der Waals surface area contributed by atoms with Crippen LogP contribution < -0.4 is 5.73 Å². The number of hydrogen-bond acceptors (Lipinski definition) is 2. The van der Waals surface area contributed by atoms with Crippen LogP contribution in [0.3, 0.4) is 0 Å². The van der Waals surface area contributed by atoms with Gasteiger partial charge in [-0.3, -0.25) is 4.99 Å². The van der Waals surface area contributed by atoms with E-state index in [0.717, 1.165) is 5.57 Å². The molecule has 0 aromatic rings. The van der Waals surface area contributed by atoms with E-state index in [-0.39, 0.29) is 6.17 Å². The maximum atomic E-state index is 5.71. The van der Waals surface area contributed by atoms with Crippen LogP contribution in [0.15, 0.2) is 28.8 Å². The summed E-state index contributed by atoms with van der Waals surface area (Å²) in [5, 5.41) is 0. The maximum Gasteiger partial charge on any atom is 0.122 e. The van der Waals surface area contributed by atoms with E-state index in [1.807, 2.05) is 39.0 Å². The summed E-state index contributed by atoms with van der Waals surface area (Å²) in [6, 6.07) is 0. The third-order valence-corrected chi connectivity index (χ3v) is 1.34. The first-order valence-corrected chi connectivity index (χ1v) is 3.78. The highest BCUT2D eigenvalue weighted by atomic mass is 14.9. The fourth-order valence-electron chi connectivity index (χ4n) is 0.805. The molecule has 0 radical (unpaired) electrons. The van der Waals surface area contributed by atoms with Crippen molar-refractivity contribution in [2.24, 2.45) is 10.7 Å². The van der Waals surface area contributed by atoms with E-state index in [9.17, 15) is 0 Å². The Morgan fingerprint density at radius 2 is 2.00 bits per heavy atom. The van der Waals surface area contributed by atoms with E-state index in [4.69, 9.17) is 5.73 Å². The zero-order valence-corrected chi connectivity index (χ0v) is 7.41. The molecular formula is C9H16N2. The minimum Gasteiger partial charge on any atom is -0.306 e. The summed E-state index contributed by atoms with van der Waals surface area (Å²) in [4.78, 5) is 4.05. The first-order valence-electron chi connectivity index (χ1n) is 3.78. The summed E-state index contributed by atoms with van der Waals surface area (Å²) in [6.45, 7) is 5.79.